The molecule has 0 aliphatic rings. The lowest BCUT2D eigenvalue weighted by molar-refractivity contribution is -0.890. The molecule has 0 aliphatic carbocycles. The lowest BCUT2D eigenvalue weighted by atomic mass is 10.1. The van der Waals surface area contributed by atoms with Gasteiger partial charge in [-0.2, -0.15) is 0 Å². The van der Waals surface area contributed by atoms with Gasteiger partial charge >= 0.3 is 11.9 Å². The van der Waals surface area contributed by atoms with Gasteiger partial charge in [0.2, 0.25) is 0 Å². The fourth-order valence-electron chi connectivity index (χ4n) is 5.47. The summed E-state index contributed by atoms with van der Waals surface area (Å²) in [6, 6.07) is 11.0. The highest BCUT2D eigenvalue weighted by atomic mass is 16.4. The summed E-state index contributed by atoms with van der Waals surface area (Å²) in [4.78, 5) is 34.2. The van der Waals surface area contributed by atoms with Gasteiger partial charge in [-0.25, -0.2) is 9.59 Å². The van der Waals surface area contributed by atoms with Crippen molar-refractivity contribution >= 4 is 29.2 Å². The number of carboxylic acid groups (broad SMARTS) is 2. The van der Waals surface area contributed by atoms with E-state index in [2.05, 4.69) is 43.5 Å². The molecule has 0 fully saturated rings. The fourth-order valence-corrected chi connectivity index (χ4v) is 5.47. The number of carbonyl (C=O) groups excluding carboxylic acids is 1. The number of benzene rings is 2. The topological polar surface area (TPSA) is 151 Å². The molecular weight excluding hydrogens is 632 g/mol. The average molecular weight is 695 g/mol. The maximum absolute atomic E-state index is 12.3. The summed E-state index contributed by atoms with van der Waals surface area (Å²) in [5.41, 5.74) is -0.382. The highest BCUT2D eigenvalue weighted by Crippen LogP contribution is 2.21. The molecule has 3 N–H and O–H groups in total. The van der Waals surface area contributed by atoms with Crippen molar-refractivity contribution in [3.8, 4) is 0 Å². The van der Waals surface area contributed by atoms with E-state index in [-0.39, 0.29) is 22.5 Å². The van der Waals surface area contributed by atoms with E-state index in [1.165, 1.54) is 169 Å². The van der Waals surface area contributed by atoms with Crippen LogP contribution in [-0.4, -0.2) is 59.7 Å². The molecule has 0 radical (unpaired) electrons. The first-order valence-electron chi connectivity index (χ1n) is 18.5. The molecule has 10 nitrogen and oxygen atoms in total. The van der Waals surface area contributed by atoms with Gasteiger partial charge in [0.25, 0.3) is 5.91 Å². The van der Waals surface area contributed by atoms with E-state index in [0.717, 1.165) is 6.92 Å². The molecule has 50 heavy (non-hydrogen) atoms. The molecule has 10 heteroatoms. The maximum atomic E-state index is 12.3. The standard InChI is InChI=1S/C22H48N.C18H15N3O6/c1-5-7-9-11-13-15-17-19-21-23(3,4)22-20-18-16-14-12-10-8-6-2;1-10(22)15(21-20-14-5-3-2-4-13(14)18(26)27)16(23)19-12-8-6-11(7-9-12)17(24)25/h5-22H2,1-4H3;2-9,22H,1H3,(H,19,23)(H,24,25)(H,26,27)/q+1;/p-1. The van der Waals surface area contributed by atoms with Gasteiger partial charge in [-0.05, 0) is 62.1 Å². The van der Waals surface area contributed by atoms with Crippen LogP contribution in [0.4, 0.5) is 11.4 Å². The minimum atomic E-state index is -1.23. The minimum absolute atomic E-state index is 0.0117. The Kier molecular flexibility index (Phi) is 22.7. The summed E-state index contributed by atoms with van der Waals surface area (Å²) in [7, 11) is 4.87. The zero-order valence-corrected chi connectivity index (χ0v) is 31.2. The van der Waals surface area contributed by atoms with E-state index < -0.39 is 29.3 Å². The second-order valence-corrected chi connectivity index (χ2v) is 13.6. The summed E-state index contributed by atoms with van der Waals surface area (Å²) in [5.74, 6) is -3.88. The van der Waals surface area contributed by atoms with E-state index in [1.807, 2.05) is 0 Å². The van der Waals surface area contributed by atoms with Crippen LogP contribution in [0.5, 0.6) is 0 Å². The molecule has 0 saturated heterocycles. The monoisotopic (exact) mass is 694 g/mol. The van der Waals surface area contributed by atoms with Crippen LogP contribution in [0.15, 0.2) is 70.2 Å². The van der Waals surface area contributed by atoms with Gasteiger partial charge in [0, 0.05) is 5.69 Å². The Labute approximate surface area is 300 Å². The van der Waals surface area contributed by atoms with Crippen molar-refractivity contribution in [3.63, 3.8) is 0 Å². The van der Waals surface area contributed by atoms with Crippen molar-refractivity contribution in [3.05, 3.63) is 71.1 Å². The Morgan fingerprint density at radius 1 is 0.680 bits per heavy atom. The van der Waals surface area contributed by atoms with Crippen molar-refractivity contribution < 1.29 is 34.2 Å². The highest BCUT2D eigenvalue weighted by Gasteiger charge is 2.14. The smallest absolute Gasteiger partial charge is 0.337 e. The van der Waals surface area contributed by atoms with Crippen LogP contribution in [0.2, 0.25) is 0 Å². The number of allylic oxidation sites excluding steroid dienone is 1. The molecule has 0 aliphatic heterocycles. The van der Waals surface area contributed by atoms with Crippen LogP contribution in [0.3, 0.4) is 0 Å². The first kappa shape index (κ1) is 44.0. The number of hydrogen-bond acceptors (Lipinski definition) is 6. The number of nitrogens with zero attached hydrogens (tertiary/aromatic N) is 3. The predicted octanol–water partition coefficient (Wildman–Crippen LogP) is 9.74. The van der Waals surface area contributed by atoms with Gasteiger partial charge < -0.3 is 25.1 Å². The normalized spacial score (nSPS) is 11.9. The molecule has 2 rings (SSSR count). The number of nitrogens with one attached hydrogen (secondary N) is 1. The molecule has 2 aromatic rings. The van der Waals surface area contributed by atoms with Gasteiger partial charge in [-0.1, -0.05) is 110 Å². The van der Waals surface area contributed by atoms with E-state index in [9.17, 15) is 19.5 Å². The summed E-state index contributed by atoms with van der Waals surface area (Å²) in [5, 5.41) is 39.4. The SMILES string of the molecule is CC([O-])=C(N=Nc1ccccc1C(=O)O)C(=O)Nc1ccc(C(=O)O)cc1.CCCCCCCCCC[N+](C)(C)CCCCCCCCCC. The first-order valence-corrected chi connectivity index (χ1v) is 18.5. The summed E-state index contributed by atoms with van der Waals surface area (Å²) in [6.07, 6.45) is 23.0. The van der Waals surface area contributed by atoms with Crippen molar-refractivity contribution in [2.45, 2.75) is 124 Å². The van der Waals surface area contributed by atoms with Gasteiger partial charge in [0.1, 0.15) is 11.4 Å². The zero-order valence-electron chi connectivity index (χ0n) is 31.2. The Balaban J connectivity index is 0.000000508. The number of aromatic carboxylic acids is 2. The quantitative estimate of drug-likeness (QED) is 0.0327. The molecular formula is C40H62N4O6. The number of anilines is 1. The Bertz CT molecular complexity index is 1310. The Morgan fingerprint density at radius 3 is 1.58 bits per heavy atom. The van der Waals surface area contributed by atoms with Gasteiger partial charge in [-0.3, -0.25) is 4.79 Å². The number of hydrogen-bond donors (Lipinski definition) is 3. The highest BCUT2D eigenvalue weighted by molar-refractivity contribution is 6.04. The fraction of sp³-hybridized carbons (Fsp3) is 0.575. The summed E-state index contributed by atoms with van der Waals surface area (Å²) in [6.45, 7) is 8.47. The number of carboxylic acids is 2. The van der Waals surface area contributed by atoms with Gasteiger partial charge in [0.15, 0.2) is 0 Å². The number of amides is 1. The van der Waals surface area contributed by atoms with E-state index in [4.69, 9.17) is 10.2 Å². The first-order chi connectivity index (χ1) is 23.9. The molecule has 278 valence electrons. The molecule has 0 heterocycles. The number of unbranched alkanes of at least 4 members (excludes halogenated alkanes) is 14. The largest absolute Gasteiger partial charge is 0.874 e. The van der Waals surface area contributed by atoms with Crippen LogP contribution in [0.25, 0.3) is 0 Å². The maximum Gasteiger partial charge on any atom is 0.337 e. The van der Waals surface area contributed by atoms with Crippen molar-refractivity contribution in [2.24, 2.45) is 10.2 Å². The molecule has 0 unspecified atom stereocenters. The second-order valence-electron chi connectivity index (χ2n) is 13.6. The molecule has 0 spiro atoms. The third-order valence-electron chi connectivity index (χ3n) is 8.56. The molecule has 0 bridgehead atoms. The van der Waals surface area contributed by atoms with Crippen molar-refractivity contribution in [1.82, 2.24) is 0 Å². The van der Waals surface area contributed by atoms with Crippen LogP contribution >= 0.6 is 0 Å². The second kappa shape index (κ2) is 25.9. The van der Waals surface area contributed by atoms with Crippen LogP contribution < -0.4 is 10.4 Å². The van der Waals surface area contributed by atoms with Crippen LogP contribution in [0.1, 0.15) is 144 Å². The summed E-state index contributed by atoms with van der Waals surface area (Å²) < 4.78 is 1.24. The zero-order chi connectivity index (χ0) is 37.2. The van der Waals surface area contributed by atoms with Crippen LogP contribution in [-0.2, 0) is 4.79 Å². The molecule has 0 saturated carbocycles. The predicted molar refractivity (Wildman–Crippen MR) is 200 cm³/mol. The van der Waals surface area contributed by atoms with E-state index >= 15 is 0 Å². The van der Waals surface area contributed by atoms with E-state index in [1.54, 1.807) is 0 Å². The molecule has 0 atom stereocenters. The minimum Gasteiger partial charge on any atom is -0.874 e. The van der Waals surface area contributed by atoms with E-state index in [0.29, 0.717) is 0 Å². The summed E-state index contributed by atoms with van der Waals surface area (Å²) >= 11 is 0. The number of quaternary nitrogens is 1. The number of rotatable bonds is 24. The number of azo groups is 1. The third-order valence-corrected chi connectivity index (χ3v) is 8.56. The van der Waals surface area contributed by atoms with Gasteiger partial charge in [-0.15, -0.1) is 16.0 Å². The molecule has 2 aromatic carbocycles. The lowest BCUT2D eigenvalue weighted by Crippen LogP contribution is -2.41. The van der Waals surface area contributed by atoms with Gasteiger partial charge in [0.05, 0.1) is 38.3 Å². The molecule has 0 aromatic heterocycles. The Hall–Kier alpha value is -4.05. The van der Waals surface area contributed by atoms with Crippen LogP contribution in [0, 0.1) is 0 Å². The lowest BCUT2D eigenvalue weighted by Gasteiger charge is -2.30. The Morgan fingerprint density at radius 2 is 1.14 bits per heavy atom. The average Bonchev–Trinajstić information content (AvgIpc) is 3.07. The third kappa shape index (κ3) is 19.8. The van der Waals surface area contributed by atoms with Crippen molar-refractivity contribution in [1.29, 1.82) is 0 Å². The number of carbonyl (C=O) groups is 3. The van der Waals surface area contributed by atoms with Crippen molar-refractivity contribution in [2.75, 3.05) is 32.5 Å². The molecule has 1 amide bonds.